The summed E-state index contributed by atoms with van der Waals surface area (Å²) < 4.78 is 5.95. The Bertz CT molecular complexity index is 1140. The zero-order chi connectivity index (χ0) is 17.0. The standard InChI is InChI=1S/C22H17NO2/c1-13-14-6-3-5-9-20(14)25-12-17(13)21-19(24)11-10-16-15-7-2-4-8-18(15)23-22(16)21/h2-11,17,23-24H,1,12H2. The predicted octanol–water partition coefficient (Wildman–Crippen LogP) is 5.22. The van der Waals surface area contributed by atoms with E-state index in [1.807, 2.05) is 42.5 Å². The van der Waals surface area contributed by atoms with Gasteiger partial charge in [-0.1, -0.05) is 43.0 Å². The van der Waals surface area contributed by atoms with Crippen LogP contribution in [0.4, 0.5) is 0 Å². The molecule has 0 radical (unpaired) electrons. The average molecular weight is 327 g/mol. The maximum atomic E-state index is 10.6. The summed E-state index contributed by atoms with van der Waals surface area (Å²) in [5.74, 6) is 1.03. The number of aromatic hydroxyl groups is 1. The van der Waals surface area contributed by atoms with Crippen molar-refractivity contribution in [1.82, 2.24) is 4.98 Å². The molecule has 1 aromatic heterocycles. The zero-order valence-corrected chi connectivity index (χ0v) is 13.6. The highest BCUT2D eigenvalue weighted by Crippen LogP contribution is 2.45. The Morgan fingerprint density at radius 3 is 2.68 bits per heavy atom. The Hall–Kier alpha value is -3.20. The average Bonchev–Trinajstić information content (AvgIpc) is 3.01. The van der Waals surface area contributed by atoms with Crippen molar-refractivity contribution in [1.29, 1.82) is 0 Å². The van der Waals surface area contributed by atoms with Gasteiger partial charge in [-0.25, -0.2) is 0 Å². The molecule has 1 unspecified atom stereocenters. The maximum Gasteiger partial charge on any atom is 0.126 e. The van der Waals surface area contributed by atoms with Crippen LogP contribution in [0.25, 0.3) is 27.4 Å². The summed E-state index contributed by atoms with van der Waals surface area (Å²) in [6.07, 6.45) is 0. The Morgan fingerprint density at radius 2 is 1.76 bits per heavy atom. The van der Waals surface area contributed by atoms with Crippen molar-refractivity contribution in [2.24, 2.45) is 0 Å². The molecule has 0 spiro atoms. The second kappa shape index (κ2) is 5.15. The predicted molar refractivity (Wildman–Crippen MR) is 101 cm³/mol. The fourth-order valence-corrected chi connectivity index (χ4v) is 3.86. The molecule has 1 atom stereocenters. The van der Waals surface area contributed by atoms with E-state index in [-0.39, 0.29) is 11.7 Å². The third-order valence-electron chi connectivity index (χ3n) is 5.11. The van der Waals surface area contributed by atoms with E-state index in [1.165, 1.54) is 0 Å². The molecule has 0 fully saturated rings. The van der Waals surface area contributed by atoms with E-state index in [0.29, 0.717) is 6.61 Å². The lowest BCUT2D eigenvalue weighted by molar-refractivity contribution is 0.295. The van der Waals surface area contributed by atoms with E-state index < -0.39 is 0 Å². The van der Waals surface area contributed by atoms with Crippen LogP contribution in [-0.2, 0) is 0 Å². The largest absolute Gasteiger partial charge is 0.508 e. The third kappa shape index (κ3) is 1.99. The van der Waals surface area contributed by atoms with Crippen LogP contribution < -0.4 is 4.74 Å². The van der Waals surface area contributed by atoms with Crippen molar-refractivity contribution >= 4 is 27.4 Å². The van der Waals surface area contributed by atoms with Gasteiger partial charge in [-0.05, 0) is 29.8 Å². The van der Waals surface area contributed by atoms with Gasteiger partial charge in [0.2, 0.25) is 0 Å². The summed E-state index contributed by atoms with van der Waals surface area (Å²) >= 11 is 0. The highest BCUT2D eigenvalue weighted by Gasteiger charge is 2.29. The van der Waals surface area contributed by atoms with Crippen LogP contribution in [-0.4, -0.2) is 16.7 Å². The highest BCUT2D eigenvalue weighted by atomic mass is 16.5. The smallest absolute Gasteiger partial charge is 0.126 e. The zero-order valence-electron chi connectivity index (χ0n) is 13.6. The number of H-pyrrole nitrogens is 1. The van der Waals surface area contributed by atoms with Crippen molar-refractivity contribution in [2.45, 2.75) is 5.92 Å². The Kier molecular flexibility index (Phi) is 2.92. The Morgan fingerprint density at radius 1 is 0.960 bits per heavy atom. The van der Waals surface area contributed by atoms with Gasteiger partial charge in [0.05, 0.1) is 12.1 Å². The number of hydrogen-bond donors (Lipinski definition) is 2. The molecule has 0 amide bonds. The third-order valence-corrected chi connectivity index (χ3v) is 5.11. The van der Waals surface area contributed by atoms with Crippen LogP contribution in [0.2, 0.25) is 0 Å². The summed E-state index contributed by atoms with van der Waals surface area (Å²) in [7, 11) is 0. The molecule has 5 rings (SSSR count). The molecule has 3 heteroatoms. The number of fused-ring (bicyclic) bond motifs is 4. The molecule has 0 aliphatic carbocycles. The van der Waals surface area contributed by atoms with Gasteiger partial charge in [-0.15, -0.1) is 0 Å². The van der Waals surface area contributed by atoms with Gasteiger partial charge in [-0.2, -0.15) is 0 Å². The quantitative estimate of drug-likeness (QED) is 0.504. The van der Waals surface area contributed by atoms with Crippen molar-refractivity contribution < 1.29 is 9.84 Å². The molecule has 0 saturated carbocycles. The number of aromatic amines is 1. The van der Waals surface area contributed by atoms with E-state index in [0.717, 1.165) is 44.3 Å². The van der Waals surface area contributed by atoms with Gasteiger partial charge in [-0.3, -0.25) is 0 Å². The molecule has 25 heavy (non-hydrogen) atoms. The molecular weight excluding hydrogens is 310 g/mol. The minimum atomic E-state index is -0.0911. The number of rotatable bonds is 1. The van der Waals surface area contributed by atoms with Gasteiger partial charge < -0.3 is 14.8 Å². The number of aromatic nitrogens is 1. The first kappa shape index (κ1) is 14.2. The number of benzene rings is 3. The van der Waals surface area contributed by atoms with Gasteiger partial charge >= 0.3 is 0 Å². The number of phenolic OH excluding ortho intramolecular Hbond substituents is 1. The van der Waals surface area contributed by atoms with Gasteiger partial charge in [0.25, 0.3) is 0 Å². The number of ether oxygens (including phenoxy) is 1. The van der Waals surface area contributed by atoms with E-state index >= 15 is 0 Å². The number of hydrogen-bond acceptors (Lipinski definition) is 2. The molecular formula is C22H17NO2. The van der Waals surface area contributed by atoms with Gasteiger partial charge in [0, 0.05) is 33.3 Å². The minimum absolute atomic E-state index is 0.0911. The topological polar surface area (TPSA) is 45.2 Å². The Labute approximate surface area is 145 Å². The molecule has 0 bridgehead atoms. The minimum Gasteiger partial charge on any atom is -0.508 e. The number of phenols is 1. The van der Waals surface area contributed by atoms with Crippen molar-refractivity contribution in [3.63, 3.8) is 0 Å². The first-order chi connectivity index (χ1) is 12.2. The molecule has 3 aromatic carbocycles. The summed E-state index contributed by atoms with van der Waals surface area (Å²) in [4.78, 5) is 3.47. The molecule has 1 aliphatic heterocycles. The summed E-state index contributed by atoms with van der Waals surface area (Å²) in [5, 5.41) is 12.9. The first-order valence-corrected chi connectivity index (χ1v) is 8.37. The second-order valence-corrected chi connectivity index (χ2v) is 6.48. The molecule has 3 nitrogen and oxygen atoms in total. The normalized spacial score (nSPS) is 16.8. The van der Waals surface area contributed by atoms with Crippen LogP contribution in [0.15, 0.2) is 67.2 Å². The first-order valence-electron chi connectivity index (χ1n) is 8.37. The molecule has 2 N–H and O–H groups in total. The lowest BCUT2D eigenvalue weighted by Crippen LogP contribution is -2.18. The van der Waals surface area contributed by atoms with Crippen molar-refractivity contribution in [3.8, 4) is 11.5 Å². The van der Waals surface area contributed by atoms with Crippen molar-refractivity contribution in [2.75, 3.05) is 6.61 Å². The van der Waals surface area contributed by atoms with Crippen LogP contribution in [0, 0.1) is 0 Å². The second-order valence-electron chi connectivity index (χ2n) is 6.48. The van der Waals surface area contributed by atoms with Crippen LogP contribution >= 0.6 is 0 Å². The SMILES string of the molecule is C=C1c2ccccc2OCC1c1c(O)ccc2c1[nH]c1ccccc12. The summed E-state index contributed by atoms with van der Waals surface area (Å²) in [6, 6.07) is 19.8. The van der Waals surface area contributed by atoms with Crippen LogP contribution in [0.3, 0.4) is 0 Å². The molecule has 1 aliphatic rings. The fourth-order valence-electron chi connectivity index (χ4n) is 3.86. The van der Waals surface area contributed by atoms with E-state index in [9.17, 15) is 5.11 Å². The fraction of sp³-hybridized carbons (Fsp3) is 0.0909. The van der Waals surface area contributed by atoms with Gasteiger partial charge in [0.15, 0.2) is 0 Å². The monoisotopic (exact) mass is 327 g/mol. The number of nitrogens with one attached hydrogen (secondary N) is 1. The summed E-state index contributed by atoms with van der Waals surface area (Å²) in [6.45, 7) is 4.78. The van der Waals surface area contributed by atoms with Crippen LogP contribution in [0.1, 0.15) is 17.0 Å². The van der Waals surface area contributed by atoms with E-state index in [4.69, 9.17) is 4.74 Å². The van der Waals surface area contributed by atoms with Crippen LogP contribution in [0.5, 0.6) is 11.5 Å². The highest BCUT2D eigenvalue weighted by molar-refractivity contribution is 6.09. The lowest BCUT2D eigenvalue weighted by atomic mass is 9.84. The lowest BCUT2D eigenvalue weighted by Gasteiger charge is -2.28. The molecule has 0 saturated heterocycles. The molecule has 2 heterocycles. The summed E-state index contributed by atoms with van der Waals surface area (Å²) in [5.41, 5.74) is 4.85. The number of para-hydroxylation sites is 2. The molecule has 4 aromatic rings. The molecule has 122 valence electrons. The van der Waals surface area contributed by atoms with E-state index in [2.05, 4.69) is 23.7 Å². The van der Waals surface area contributed by atoms with E-state index in [1.54, 1.807) is 6.07 Å². The van der Waals surface area contributed by atoms with Gasteiger partial charge in [0.1, 0.15) is 11.5 Å². The Balaban J connectivity index is 1.76. The maximum absolute atomic E-state index is 10.6. The van der Waals surface area contributed by atoms with Crippen molar-refractivity contribution in [3.05, 3.63) is 78.4 Å².